The molecule has 0 bridgehead atoms. The highest BCUT2D eigenvalue weighted by atomic mass is 35.5. The minimum atomic E-state index is -3.82. The van der Waals surface area contributed by atoms with Gasteiger partial charge in [-0.15, -0.1) is 0 Å². The molecule has 0 N–H and O–H groups in total. The zero-order chi connectivity index (χ0) is 21.0. The van der Waals surface area contributed by atoms with Crippen LogP contribution in [0.1, 0.15) is 0 Å². The average molecular weight is 455 g/mol. The smallest absolute Gasteiger partial charge is 0.263 e. The van der Waals surface area contributed by atoms with Crippen LogP contribution < -0.4 is 9.54 Å². The number of benzene rings is 2. The molecule has 7 nitrogen and oxygen atoms in total. The first-order chi connectivity index (χ1) is 13.8. The molecule has 154 valence electrons. The number of amides is 1. The second-order valence-electron chi connectivity index (χ2n) is 6.08. The maximum absolute atomic E-state index is 12.5. The topological polar surface area (TPSA) is 87.0 Å². The molecule has 3 rings (SSSR count). The summed E-state index contributed by atoms with van der Waals surface area (Å²) in [5.74, 6) is -0.939. The number of aromatic nitrogens is 1. The summed E-state index contributed by atoms with van der Waals surface area (Å²) >= 11 is 7.32. The molecule has 0 unspecified atom stereocenters. The number of hydrogen-bond acceptors (Lipinski definition) is 6. The van der Waals surface area contributed by atoms with E-state index in [-0.39, 0.29) is 4.90 Å². The third kappa shape index (κ3) is 5.05. The second-order valence-corrected chi connectivity index (χ2v) is 9.52. The second kappa shape index (κ2) is 9.08. The van der Waals surface area contributed by atoms with Gasteiger partial charge in [0.05, 0.1) is 28.8 Å². The van der Waals surface area contributed by atoms with Gasteiger partial charge >= 0.3 is 0 Å². The fraction of sp³-hybridized carbons (Fsp3) is 0.263. The van der Waals surface area contributed by atoms with Crippen molar-refractivity contribution >= 4 is 48.9 Å². The number of rotatable bonds is 7. The molecular weight excluding hydrogens is 436 g/mol. The van der Waals surface area contributed by atoms with Gasteiger partial charge in [-0.05, 0) is 42.5 Å². The molecule has 0 fully saturated rings. The fourth-order valence-electron chi connectivity index (χ4n) is 2.70. The number of ether oxygens (including phenoxy) is 2. The molecular formula is C19H19ClN2O5S2. The molecule has 0 saturated carbocycles. The summed E-state index contributed by atoms with van der Waals surface area (Å²) in [5.41, 5.74) is 0.848. The van der Waals surface area contributed by atoms with Gasteiger partial charge in [-0.1, -0.05) is 22.9 Å². The Hall–Kier alpha value is -2.20. The lowest BCUT2D eigenvalue weighted by atomic mass is 10.3. The monoisotopic (exact) mass is 454 g/mol. The van der Waals surface area contributed by atoms with Crippen molar-refractivity contribution in [1.29, 1.82) is 0 Å². The van der Waals surface area contributed by atoms with Crippen molar-refractivity contribution in [1.82, 2.24) is 4.57 Å². The van der Waals surface area contributed by atoms with E-state index in [9.17, 15) is 13.2 Å². The molecule has 0 aliphatic carbocycles. The maximum Gasteiger partial charge on any atom is 0.263 e. The largest absolute Gasteiger partial charge is 0.497 e. The number of thiazole rings is 1. The van der Waals surface area contributed by atoms with Crippen molar-refractivity contribution in [2.45, 2.75) is 11.4 Å². The van der Waals surface area contributed by atoms with Crippen molar-refractivity contribution in [3.8, 4) is 5.75 Å². The summed E-state index contributed by atoms with van der Waals surface area (Å²) in [6.07, 6.45) is 0. The Morgan fingerprint density at radius 1 is 1.17 bits per heavy atom. The molecule has 0 saturated heterocycles. The Bertz CT molecular complexity index is 1200. The Morgan fingerprint density at radius 3 is 2.55 bits per heavy atom. The van der Waals surface area contributed by atoms with Crippen LogP contribution in [0.5, 0.6) is 5.75 Å². The molecule has 0 atom stereocenters. The highest BCUT2D eigenvalue weighted by Gasteiger charge is 2.19. The SMILES string of the molecule is COCCn1c(=NC(=O)CS(=O)(=O)c2ccc(OC)cc2)sc2cc(Cl)ccc21. The van der Waals surface area contributed by atoms with Crippen molar-refractivity contribution < 1.29 is 22.7 Å². The summed E-state index contributed by atoms with van der Waals surface area (Å²) in [6.45, 7) is 0.884. The minimum Gasteiger partial charge on any atom is -0.497 e. The van der Waals surface area contributed by atoms with E-state index in [4.69, 9.17) is 21.1 Å². The summed E-state index contributed by atoms with van der Waals surface area (Å²) < 4.78 is 37.9. The van der Waals surface area contributed by atoms with Gasteiger partial charge < -0.3 is 14.0 Å². The van der Waals surface area contributed by atoms with Gasteiger partial charge in [0, 0.05) is 18.7 Å². The minimum absolute atomic E-state index is 0.0391. The van der Waals surface area contributed by atoms with E-state index in [1.165, 1.54) is 42.7 Å². The van der Waals surface area contributed by atoms with E-state index in [1.54, 1.807) is 19.2 Å². The van der Waals surface area contributed by atoms with Crippen LogP contribution in [-0.2, 0) is 25.9 Å². The van der Waals surface area contributed by atoms with Crippen LogP contribution in [0, 0.1) is 0 Å². The standard InChI is InChI=1S/C19H19ClN2O5S2/c1-26-10-9-22-16-8-3-13(20)11-17(16)28-19(22)21-18(23)12-29(24,25)15-6-4-14(27-2)5-7-15/h3-8,11H,9-10,12H2,1-2H3. The van der Waals surface area contributed by atoms with E-state index in [0.29, 0.717) is 28.7 Å². The van der Waals surface area contributed by atoms with Crippen molar-refractivity contribution in [3.05, 3.63) is 52.3 Å². The number of methoxy groups -OCH3 is 2. The summed E-state index contributed by atoms with van der Waals surface area (Å²) in [7, 11) is -0.753. The maximum atomic E-state index is 12.5. The lowest BCUT2D eigenvalue weighted by Gasteiger charge is -2.05. The third-order valence-corrected chi connectivity index (χ3v) is 7.01. The van der Waals surface area contributed by atoms with Crippen LogP contribution in [0.15, 0.2) is 52.4 Å². The molecule has 1 heterocycles. The van der Waals surface area contributed by atoms with Crippen LogP contribution in [0.25, 0.3) is 10.2 Å². The van der Waals surface area contributed by atoms with E-state index in [0.717, 1.165) is 10.2 Å². The normalized spacial score (nSPS) is 12.4. The van der Waals surface area contributed by atoms with Gasteiger partial charge in [0.1, 0.15) is 11.5 Å². The van der Waals surface area contributed by atoms with Gasteiger partial charge in [0.25, 0.3) is 5.91 Å². The van der Waals surface area contributed by atoms with E-state index in [2.05, 4.69) is 4.99 Å². The van der Waals surface area contributed by atoms with E-state index < -0.39 is 21.5 Å². The van der Waals surface area contributed by atoms with Crippen molar-refractivity contribution in [3.63, 3.8) is 0 Å². The Balaban J connectivity index is 1.94. The lowest BCUT2D eigenvalue weighted by Crippen LogP contribution is -2.22. The fourth-order valence-corrected chi connectivity index (χ4v) is 5.16. The number of halogens is 1. The zero-order valence-corrected chi connectivity index (χ0v) is 18.2. The van der Waals surface area contributed by atoms with Crippen LogP contribution in [0.4, 0.5) is 0 Å². The number of carbonyl (C=O) groups excluding carboxylic acids is 1. The molecule has 0 radical (unpaired) electrons. The first-order valence-electron chi connectivity index (χ1n) is 8.56. The van der Waals surface area contributed by atoms with Crippen LogP contribution >= 0.6 is 22.9 Å². The van der Waals surface area contributed by atoms with Crippen LogP contribution in [0.3, 0.4) is 0 Å². The highest BCUT2D eigenvalue weighted by molar-refractivity contribution is 7.92. The lowest BCUT2D eigenvalue weighted by molar-refractivity contribution is -0.115. The molecule has 0 spiro atoms. The number of hydrogen-bond donors (Lipinski definition) is 0. The van der Waals surface area contributed by atoms with E-state index in [1.807, 2.05) is 10.6 Å². The zero-order valence-electron chi connectivity index (χ0n) is 15.8. The predicted octanol–water partition coefficient (Wildman–Crippen LogP) is 2.91. The van der Waals surface area contributed by atoms with E-state index >= 15 is 0 Å². The number of carbonyl (C=O) groups is 1. The number of sulfone groups is 1. The average Bonchev–Trinajstić information content (AvgIpc) is 3.01. The van der Waals surface area contributed by atoms with Gasteiger partial charge in [0.2, 0.25) is 0 Å². The van der Waals surface area contributed by atoms with Crippen LogP contribution in [-0.4, -0.2) is 45.5 Å². The number of nitrogens with zero attached hydrogens (tertiary/aromatic N) is 2. The molecule has 0 aliphatic heterocycles. The highest BCUT2D eigenvalue weighted by Crippen LogP contribution is 2.22. The first kappa shape index (κ1) is 21.5. The van der Waals surface area contributed by atoms with Crippen molar-refractivity contribution in [2.75, 3.05) is 26.6 Å². The Labute approximate surface area is 177 Å². The quantitative estimate of drug-likeness (QED) is 0.547. The van der Waals surface area contributed by atoms with Gasteiger partial charge in [-0.2, -0.15) is 4.99 Å². The predicted molar refractivity (Wildman–Crippen MR) is 112 cm³/mol. The first-order valence-corrected chi connectivity index (χ1v) is 11.4. The number of fused-ring (bicyclic) bond motifs is 1. The van der Waals surface area contributed by atoms with Crippen molar-refractivity contribution in [2.24, 2.45) is 4.99 Å². The van der Waals surface area contributed by atoms with Crippen LogP contribution in [0.2, 0.25) is 5.02 Å². The molecule has 1 amide bonds. The van der Waals surface area contributed by atoms with Gasteiger partial charge in [0.15, 0.2) is 14.6 Å². The summed E-state index contributed by atoms with van der Waals surface area (Å²) in [5, 5.41) is 0.567. The Kier molecular flexibility index (Phi) is 6.74. The van der Waals surface area contributed by atoms with Gasteiger partial charge in [-0.3, -0.25) is 4.79 Å². The third-order valence-electron chi connectivity index (χ3n) is 4.12. The molecule has 2 aromatic carbocycles. The summed E-state index contributed by atoms with van der Waals surface area (Å²) in [6, 6.07) is 11.2. The molecule has 29 heavy (non-hydrogen) atoms. The molecule has 0 aliphatic rings. The Morgan fingerprint density at radius 2 is 1.90 bits per heavy atom. The van der Waals surface area contributed by atoms with Gasteiger partial charge in [-0.25, -0.2) is 8.42 Å². The molecule has 10 heteroatoms. The molecule has 1 aromatic heterocycles. The summed E-state index contributed by atoms with van der Waals surface area (Å²) in [4.78, 5) is 17.0. The molecule has 3 aromatic rings.